The van der Waals surface area contributed by atoms with Gasteiger partial charge in [-0.3, -0.25) is 10.1 Å². The molecule has 0 radical (unpaired) electrons. The largest absolute Gasteiger partial charge is 0.497 e. The van der Waals surface area contributed by atoms with Gasteiger partial charge in [-0.15, -0.1) is 0 Å². The van der Waals surface area contributed by atoms with Crippen LogP contribution in [0.5, 0.6) is 17.2 Å². The Kier molecular flexibility index (Phi) is 5.93. The normalized spacial score (nSPS) is 17.6. The van der Waals surface area contributed by atoms with Crippen molar-refractivity contribution in [2.24, 2.45) is 11.0 Å². The first-order chi connectivity index (χ1) is 17.4. The molecule has 0 saturated carbocycles. The molecule has 1 N–H and O–H groups in total. The summed E-state index contributed by atoms with van der Waals surface area (Å²) in [5.41, 5.74) is 4.08. The number of amides is 2. The van der Waals surface area contributed by atoms with Crippen LogP contribution in [-0.2, 0) is 6.42 Å². The van der Waals surface area contributed by atoms with E-state index in [0.29, 0.717) is 29.4 Å². The quantitative estimate of drug-likeness (QED) is 0.394. The van der Waals surface area contributed by atoms with Crippen LogP contribution >= 0.6 is 0 Å². The summed E-state index contributed by atoms with van der Waals surface area (Å²) in [5.74, 6) is 1.87. The highest BCUT2D eigenvalue weighted by molar-refractivity contribution is 6.09. The van der Waals surface area contributed by atoms with Crippen molar-refractivity contribution in [1.29, 1.82) is 0 Å². The molecule has 184 valence electrons. The van der Waals surface area contributed by atoms with Gasteiger partial charge in [0.2, 0.25) is 0 Å². The lowest BCUT2D eigenvalue weighted by molar-refractivity contribution is -0.384. The van der Waals surface area contributed by atoms with E-state index in [9.17, 15) is 14.9 Å². The smallest absolute Gasteiger partial charge is 0.342 e. The monoisotopic (exact) mass is 488 g/mol. The Morgan fingerprint density at radius 3 is 2.28 bits per heavy atom. The highest BCUT2D eigenvalue weighted by Gasteiger charge is 2.46. The van der Waals surface area contributed by atoms with E-state index in [4.69, 9.17) is 19.3 Å². The lowest BCUT2D eigenvalue weighted by atomic mass is 9.90. The Morgan fingerprint density at radius 2 is 1.67 bits per heavy atom. The molecule has 2 unspecified atom stereocenters. The van der Waals surface area contributed by atoms with Gasteiger partial charge in [0.05, 0.1) is 38.0 Å². The summed E-state index contributed by atoms with van der Waals surface area (Å²) >= 11 is 0. The van der Waals surface area contributed by atoms with Gasteiger partial charge in [0.25, 0.3) is 5.69 Å². The molecule has 5 rings (SSSR count). The fourth-order valence-corrected chi connectivity index (χ4v) is 4.79. The lowest BCUT2D eigenvalue weighted by Crippen LogP contribution is -2.34. The number of hydrogen-bond acceptors (Lipinski definition) is 7. The fraction of sp³-hybridized carbons (Fsp3) is 0.231. The number of carbonyl (C=O) groups is 1. The second-order valence-corrected chi connectivity index (χ2v) is 8.46. The zero-order valence-corrected chi connectivity index (χ0v) is 19.9. The van der Waals surface area contributed by atoms with Gasteiger partial charge in [0, 0.05) is 29.3 Å². The maximum Gasteiger partial charge on any atom is 0.342 e. The van der Waals surface area contributed by atoms with Crippen LogP contribution in [0.2, 0.25) is 0 Å². The summed E-state index contributed by atoms with van der Waals surface area (Å²) in [7, 11) is 4.78. The molecular formula is C26H24N4O6. The van der Waals surface area contributed by atoms with E-state index in [1.54, 1.807) is 21.3 Å². The number of nitrogens with one attached hydrogen (secondary N) is 1. The number of carbonyl (C=O) groups excluding carboxylic acids is 1. The summed E-state index contributed by atoms with van der Waals surface area (Å²) in [6.45, 7) is 0. The number of urea groups is 1. The highest BCUT2D eigenvalue weighted by atomic mass is 16.6. The van der Waals surface area contributed by atoms with E-state index in [-0.39, 0.29) is 17.6 Å². The number of ether oxygens (including phenoxy) is 3. The molecule has 2 aliphatic rings. The second kappa shape index (κ2) is 9.21. The van der Waals surface area contributed by atoms with Crippen LogP contribution in [0.1, 0.15) is 22.7 Å². The standard InChI is InChI=1S/C26H24N4O6/c1-34-19-10-4-15(5-11-19)25-21-12-16-13-22(35-2)23(36-3)14-20(16)24(21)28-29(25)26(31)27-17-6-8-18(9-7-17)30(32)33/h4-11,13-14,21,25H,12H2,1-3H3,(H,27,31). The Labute approximate surface area is 207 Å². The molecule has 36 heavy (non-hydrogen) atoms. The first kappa shape index (κ1) is 23.2. The van der Waals surface area contributed by atoms with E-state index < -0.39 is 11.0 Å². The number of non-ortho nitro benzene ring substituents is 1. The molecule has 10 nitrogen and oxygen atoms in total. The molecule has 0 aromatic heterocycles. The molecule has 0 fully saturated rings. The molecule has 3 aromatic rings. The van der Waals surface area contributed by atoms with Crippen LogP contribution in [-0.4, -0.2) is 43.0 Å². The van der Waals surface area contributed by atoms with Crippen molar-refractivity contribution in [1.82, 2.24) is 5.01 Å². The summed E-state index contributed by atoms with van der Waals surface area (Å²) in [5, 5.41) is 20.0. The van der Waals surface area contributed by atoms with Gasteiger partial charge < -0.3 is 19.5 Å². The lowest BCUT2D eigenvalue weighted by Gasteiger charge is -2.26. The zero-order valence-electron chi connectivity index (χ0n) is 19.9. The number of fused-ring (bicyclic) bond motifs is 3. The van der Waals surface area contributed by atoms with Crippen molar-refractivity contribution in [3.05, 3.63) is 87.5 Å². The van der Waals surface area contributed by atoms with Crippen LogP contribution in [0.3, 0.4) is 0 Å². The third-order valence-electron chi connectivity index (χ3n) is 6.53. The second-order valence-electron chi connectivity index (χ2n) is 8.46. The van der Waals surface area contributed by atoms with Crippen LogP contribution < -0.4 is 19.5 Å². The van der Waals surface area contributed by atoms with Crippen molar-refractivity contribution in [2.75, 3.05) is 26.6 Å². The predicted molar refractivity (Wildman–Crippen MR) is 133 cm³/mol. The predicted octanol–water partition coefficient (Wildman–Crippen LogP) is 4.79. The number of anilines is 1. The summed E-state index contributed by atoms with van der Waals surface area (Å²) < 4.78 is 16.3. The minimum absolute atomic E-state index is 0.0546. The van der Waals surface area contributed by atoms with Gasteiger partial charge in [-0.25, -0.2) is 9.80 Å². The third kappa shape index (κ3) is 3.96. The minimum atomic E-state index is -0.486. The molecule has 2 atom stereocenters. The average molecular weight is 489 g/mol. The highest BCUT2D eigenvalue weighted by Crippen LogP contribution is 2.47. The van der Waals surface area contributed by atoms with Crippen molar-refractivity contribution in [3.8, 4) is 17.2 Å². The van der Waals surface area contributed by atoms with Crippen LogP contribution in [0.15, 0.2) is 65.8 Å². The van der Waals surface area contributed by atoms with Gasteiger partial charge in [-0.1, -0.05) is 12.1 Å². The maximum absolute atomic E-state index is 13.4. The van der Waals surface area contributed by atoms with Crippen LogP contribution in [0.25, 0.3) is 0 Å². The Balaban J connectivity index is 1.52. The van der Waals surface area contributed by atoms with Crippen LogP contribution in [0.4, 0.5) is 16.2 Å². The molecule has 0 spiro atoms. The summed E-state index contributed by atoms with van der Waals surface area (Å²) in [6, 6.07) is 16.3. The Bertz CT molecular complexity index is 1350. The molecule has 0 saturated heterocycles. The van der Waals surface area contributed by atoms with Gasteiger partial charge >= 0.3 is 6.03 Å². The molecule has 1 aliphatic heterocycles. The molecule has 1 aliphatic carbocycles. The van der Waals surface area contributed by atoms with E-state index in [1.807, 2.05) is 36.4 Å². The summed E-state index contributed by atoms with van der Waals surface area (Å²) in [6.07, 6.45) is 0.673. The van der Waals surface area contributed by atoms with Crippen molar-refractivity contribution in [3.63, 3.8) is 0 Å². The number of benzene rings is 3. The average Bonchev–Trinajstić information content (AvgIpc) is 3.44. The number of rotatable bonds is 6. The molecule has 2 amide bonds. The molecule has 1 heterocycles. The number of methoxy groups -OCH3 is 3. The van der Waals surface area contributed by atoms with Crippen molar-refractivity contribution >= 4 is 23.1 Å². The first-order valence-electron chi connectivity index (χ1n) is 11.3. The van der Waals surface area contributed by atoms with Gasteiger partial charge in [0.15, 0.2) is 11.5 Å². The van der Waals surface area contributed by atoms with E-state index in [2.05, 4.69) is 5.32 Å². The van der Waals surface area contributed by atoms with Gasteiger partial charge in [-0.2, -0.15) is 5.10 Å². The van der Waals surface area contributed by atoms with Gasteiger partial charge in [-0.05, 0) is 53.9 Å². The van der Waals surface area contributed by atoms with Crippen molar-refractivity contribution in [2.45, 2.75) is 12.5 Å². The number of nitro groups is 1. The number of hydrazone groups is 1. The SMILES string of the molecule is COc1ccc(C2C3Cc4cc(OC)c(OC)cc4C3=NN2C(=O)Nc2ccc([N+](=O)[O-])cc2)cc1. The van der Waals surface area contributed by atoms with Crippen molar-refractivity contribution < 1.29 is 23.9 Å². The Hall–Kier alpha value is -4.60. The van der Waals surface area contributed by atoms with E-state index >= 15 is 0 Å². The zero-order chi connectivity index (χ0) is 25.4. The summed E-state index contributed by atoms with van der Waals surface area (Å²) in [4.78, 5) is 23.9. The third-order valence-corrected chi connectivity index (χ3v) is 6.53. The topological polar surface area (TPSA) is 116 Å². The number of hydrogen-bond donors (Lipinski definition) is 1. The fourth-order valence-electron chi connectivity index (χ4n) is 4.79. The van der Waals surface area contributed by atoms with Crippen LogP contribution in [0, 0.1) is 16.0 Å². The number of nitrogens with zero attached hydrogens (tertiary/aromatic N) is 3. The van der Waals surface area contributed by atoms with E-state index in [0.717, 1.165) is 22.4 Å². The first-order valence-corrected chi connectivity index (χ1v) is 11.3. The van der Waals surface area contributed by atoms with E-state index in [1.165, 1.54) is 29.3 Å². The molecular weight excluding hydrogens is 464 g/mol. The maximum atomic E-state index is 13.4. The molecule has 3 aromatic carbocycles. The molecule has 10 heteroatoms. The van der Waals surface area contributed by atoms with Gasteiger partial charge in [0.1, 0.15) is 5.75 Å². The minimum Gasteiger partial charge on any atom is -0.497 e. The Morgan fingerprint density at radius 1 is 1.00 bits per heavy atom. The molecule has 0 bridgehead atoms. The number of nitro benzene ring substituents is 1.